The molecular weight excluding hydrogens is 382 g/mol. The Labute approximate surface area is 169 Å². The second kappa shape index (κ2) is 9.64. The van der Waals surface area contributed by atoms with E-state index < -0.39 is 0 Å². The smallest absolute Gasteiger partial charge is 0.226 e. The zero-order chi connectivity index (χ0) is 19.2. The van der Waals surface area contributed by atoms with E-state index >= 15 is 0 Å². The first-order valence-corrected chi connectivity index (χ1v) is 10.6. The van der Waals surface area contributed by atoms with Crippen LogP contribution in [-0.2, 0) is 16.0 Å². The van der Waals surface area contributed by atoms with Gasteiger partial charge < -0.3 is 10.1 Å². The summed E-state index contributed by atoms with van der Waals surface area (Å²) in [6.07, 6.45) is 0.319. The number of nitrogens with zero attached hydrogens (tertiary/aromatic N) is 2. The van der Waals surface area contributed by atoms with Crippen LogP contribution in [0, 0.1) is 5.92 Å². The average molecular weight is 408 g/mol. The number of ether oxygens (including phenoxy) is 1. The highest BCUT2D eigenvalue weighted by atomic mass is 35.5. The molecule has 1 aromatic heterocycles. The Bertz CT molecular complexity index is 765. The van der Waals surface area contributed by atoms with Crippen molar-refractivity contribution in [1.29, 1.82) is 0 Å². The van der Waals surface area contributed by atoms with Crippen molar-refractivity contribution in [2.24, 2.45) is 5.92 Å². The Balaban J connectivity index is 1.48. The van der Waals surface area contributed by atoms with Gasteiger partial charge in [-0.15, -0.1) is 11.3 Å². The van der Waals surface area contributed by atoms with Crippen molar-refractivity contribution < 1.29 is 9.53 Å². The summed E-state index contributed by atoms with van der Waals surface area (Å²) in [6, 6.07) is 7.61. The van der Waals surface area contributed by atoms with Crippen LogP contribution in [0.3, 0.4) is 0 Å². The van der Waals surface area contributed by atoms with E-state index in [-0.39, 0.29) is 18.4 Å². The standard InChI is InChI=1S/C20H26ClN3O2S/c1-14(2)11-24-7-8-26-16(12-24)10-22-19(25)9-15-13-27-20(23-15)17-5-3-4-6-18(17)21/h3-6,13-14,16H,7-12H2,1-2H3,(H,22,25)/t16-/m1/s1. The lowest BCUT2D eigenvalue weighted by Crippen LogP contribution is -2.48. The summed E-state index contributed by atoms with van der Waals surface area (Å²) < 4.78 is 5.78. The van der Waals surface area contributed by atoms with Gasteiger partial charge in [-0.05, 0) is 12.0 Å². The minimum absolute atomic E-state index is 0.0319. The number of carbonyl (C=O) groups excluding carboxylic acids is 1. The van der Waals surface area contributed by atoms with Gasteiger partial charge in [-0.3, -0.25) is 9.69 Å². The van der Waals surface area contributed by atoms with E-state index in [2.05, 4.69) is 29.0 Å². The van der Waals surface area contributed by atoms with Crippen LogP contribution in [0.15, 0.2) is 29.6 Å². The van der Waals surface area contributed by atoms with Gasteiger partial charge in [-0.25, -0.2) is 4.98 Å². The van der Waals surface area contributed by atoms with E-state index in [1.165, 1.54) is 11.3 Å². The van der Waals surface area contributed by atoms with E-state index in [4.69, 9.17) is 16.3 Å². The number of hydrogen-bond acceptors (Lipinski definition) is 5. The maximum Gasteiger partial charge on any atom is 0.226 e. The SMILES string of the molecule is CC(C)CN1CCO[C@H](CNC(=O)Cc2csc(-c3ccccc3Cl)n2)C1. The molecule has 1 aliphatic rings. The van der Waals surface area contributed by atoms with Crippen LogP contribution >= 0.6 is 22.9 Å². The number of rotatable bonds is 7. The van der Waals surface area contributed by atoms with Gasteiger partial charge in [0.2, 0.25) is 5.91 Å². The zero-order valence-corrected chi connectivity index (χ0v) is 17.4. The Kier molecular flexibility index (Phi) is 7.24. The lowest BCUT2D eigenvalue weighted by Gasteiger charge is -2.33. The lowest BCUT2D eigenvalue weighted by atomic mass is 10.2. The highest BCUT2D eigenvalue weighted by Gasteiger charge is 2.21. The van der Waals surface area contributed by atoms with Gasteiger partial charge in [-0.2, -0.15) is 0 Å². The molecule has 1 atom stereocenters. The first kappa shape index (κ1) is 20.3. The molecule has 1 amide bonds. The minimum atomic E-state index is -0.0319. The number of amides is 1. The molecule has 0 saturated carbocycles. The van der Waals surface area contributed by atoms with Gasteiger partial charge in [0.05, 0.1) is 29.8 Å². The van der Waals surface area contributed by atoms with Gasteiger partial charge in [0.15, 0.2) is 0 Å². The molecule has 27 heavy (non-hydrogen) atoms. The van der Waals surface area contributed by atoms with Gasteiger partial charge in [0.1, 0.15) is 5.01 Å². The molecule has 3 rings (SSSR count). The molecule has 7 heteroatoms. The number of aromatic nitrogens is 1. The summed E-state index contributed by atoms with van der Waals surface area (Å²) in [7, 11) is 0. The largest absolute Gasteiger partial charge is 0.374 e. The van der Waals surface area contributed by atoms with E-state index in [0.717, 1.165) is 42.5 Å². The quantitative estimate of drug-likeness (QED) is 0.763. The van der Waals surface area contributed by atoms with Crippen LogP contribution < -0.4 is 5.32 Å². The predicted octanol–water partition coefficient (Wildman–Crippen LogP) is 3.48. The third-order valence-electron chi connectivity index (χ3n) is 4.37. The van der Waals surface area contributed by atoms with Crippen molar-refractivity contribution in [3.8, 4) is 10.6 Å². The number of morpholine rings is 1. The summed E-state index contributed by atoms with van der Waals surface area (Å²) in [4.78, 5) is 19.2. The van der Waals surface area contributed by atoms with E-state index in [1.54, 1.807) is 0 Å². The van der Waals surface area contributed by atoms with Crippen LogP contribution in [0.25, 0.3) is 10.6 Å². The normalized spacial score (nSPS) is 18.0. The molecule has 1 aromatic carbocycles. The first-order valence-electron chi connectivity index (χ1n) is 9.31. The molecule has 0 unspecified atom stereocenters. The monoisotopic (exact) mass is 407 g/mol. The fourth-order valence-corrected chi connectivity index (χ4v) is 4.33. The first-order chi connectivity index (χ1) is 13.0. The molecule has 1 fully saturated rings. The summed E-state index contributed by atoms with van der Waals surface area (Å²) in [5.74, 6) is 0.603. The fraction of sp³-hybridized carbons (Fsp3) is 0.500. The van der Waals surface area contributed by atoms with Crippen LogP contribution in [0.1, 0.15) is 19.5 Å². The molecule has 0 bridgehead atoms. The van der Waals surface area contributed by atoms with E-state index in [1.807, 2.05) is 29.6 Å². The van der Waals surface area contributed by atoms with Crippen molar-refractivity contribution in [3.63, 3.8) is 0 Å². The molecule has 5 nitrogen and oxygen atoms in total. The van der Waals surface area contributed by atoms with Crippen molar-refractivity contribution in [2.75, 3.05) is 32.8 Å². The third kappa shape index (κ3) is 6.01. The number of nitrogens with one attached hydrogen (secondary N) is 1. The van der Waals surface area contributed by atoms with Crippen molar-refractivity contribution in [3.05, 3.63) is 40.4 Å². The van der Waals surface area contributed by atoms with Crippen molar-refractivity contribution in [1.82, 2.24) is 15.2 Å². The minimum Gasteiger partial charge on any atom is -0.374 e. The van der Waals surface area contributed by atoms with Gasteiger partial charge in [0.25, 0.3) is 0 Å². The number of hydrogen-bond donors (Lipinski definition) is 1. The number of thiazole rings is 1. The molecular formula is C20H26ClN3O2S. The second-order valence-electron chi connectivity index (χ2n) is 7.25. The molecule has 0 aliphatic carbocycles. The fourth-order valence-electron chi connectivity index (χ4n) is 3.19. The van der Waals surface area contributed by atoms with Crippen LogP contribution in [0.2, 0.25) is 5.02 Å². The molecule has 1 N–H and O–H groups in total. The van der Waals surface area contributed by atoms with Gasteiger partial charge >= 0.3 is 0 Å². The van der Waals surface area contributed by atoms with Crippen LogP contribution in [0.4, 0.5) is 0 Å². The molecule has 1 aliphatic heterocycles. The van der Waals surface area contributed by atoms with Gasteiger partial charge in [-0.1, -0.05) is 43.6 Å². The Hall–Kier alpha value is -1.47. The molecule has 0 spiro atoms. The van der Waals surface area contributed by atoms with E-state index in [9.17, 15) is 4.79 Å². The molecule has 1 saturated heterocycles. The summed E-state index contributed by atoms with van der Waals surface area (Å²) >= 11 is 7.73. The highest BCUT2D eigenvalue weighted by Crippen LogP contribution is 2.30. The number of halogens is 1. The molecule has 0 radical (unpaired) electrons. The van der Waals surface area contributed by atoms with Crippen molar-refractivity contribution in [2.45, 2.75) is 26.4 Å². The Morgan fingerprint density at radius 1 is 1.44 bits per heavy atom. The summed E-state index contributed by atoms with van der Waals surface area (Å²) in [5, 5.41) is 6.41. The Morgan fingerprint density at radius 2 is 2.26 bits per heavy atom. The maximum atomic E-state index is 12.3. The van der Waals surface area contributed by atoms with E-state index in [0.29, 0.717) is 17.5 Å². The van der Waals surface area contributed by atoms with Crippen LogP contribution in [-0.4, -0.2) is 54.7 Å². The topological polar surface area (TPSA) is 54.5 Å². The molecule has 2 aromatic rings. The predicted molar refractivity (Wildman–Crippen MR) is 110 cm³/mol. The highest BCUT2D eigenvalue weighted by molar-refractivity contribution is 7.13. The average Bonchev–Trinajstić information content (AvgIpc) is 3.08. The Morgan fingerprint density at radius 3 is 3.04 bits per heavy atom. The molecule has 2 heterocycles. The summed E-state index contributed by atoms with van der Waals surface area (Å²) in [5.41, 5.74) is 1.66. The number of benzene rings is 1. The van der Waals surface area contributed by atoms with Crippen LogP contribution in [0.5, 0.6) is 0 Å². The maximum absolute atomic E-state index is 12.3. The van der Waals surface area contributed by atoms with Gasteiger partial charge in [0, 0.05) is 37.1 Å². The third-order valence-corrected chi connectivity index (χ3v) is 5.62. The zero-order valence-electron chi connectivity index (χ0n) is 15.8. The lowest BCUT2D eigenvalue weighted by molar-refractivity contribution is -0.121. The molecule has 146 valence electrons. The second-order valence-corrected chi connectivity index (χ2v) is 8.52. The summed E-state index contributed by atoms with van der Waals surface area (Å²) in [6.45, 7) is 8.60. The van der Waals surface area contributed by atoms with Crippen molar-refractivity contribution >= 4 is 28.8 Å². The number of carbonyl (C=O) groups is 1.